The second-order valence-corrected chi connectivity index (χ2v) is 5.73. The van der Waals surface area contributed by atoms with Crippen LogP contribution in [0.5, 0.6) is 28.7 Å². The van der Waals surface area contributed by atoms with Crippen molar-refractivity contribution in [1.29, 1.82) is 0 Å². The molecule has 0 aliphatic heterocycles. The summed E-state index contributed by atoms with van der Waals surface area (Å²) in [5.41, 5.74) is 4.18. The normalized spacial score (nSPS) is 10.3. The van der Waals surface area contributed by atoms with Crippen LogP contribution in [0, 0.1) is 0 Å². The van der Waals surface area contributed by atoms with Gasteiger partial charge in [0.1, 0.15) is 0 Å². The fraction of sp³-hybridized carbons (Fsp3) is 0.263. The summed E-state index contributed by atoms with van der Waals surface area (Å²) >= 11 is 5.26. The zero-order chi connectivity index (χ0) is 20.5. The van der Waals surface area contributed by atoms with Crippen molar-refractivity contribution in [2.75, 3.05) is 40.9 Å². The van der Waals surface area contributed by atoms with Crippen molar-refractivity contribution < 1.29 is 23.7 Å². The number of methoxy groups -OCH3 is 5. The summed E-state index contributed by atoms with van der Waals surface area (Å²) in [6, 6.07) is 8.94. The Hall–Kier alpha value is -3.20. The van der Waals surface area contributed by atoms with Gasteiger partial charge in [-0.2, -0.15) is 5.10 Å². The van der Waals surface area contributed by atoms with Crippen LogP contribution in [0.25, 0.3) is 0 Å². The van der Waals surface area contributed by atoms with Crippen molar-refractivity contribution in [3.63, 3.8) is 0 Å². The van der Waals surface area contributed by atoms with Gasteiger partial charge in [-0.1, -0.05) is 0 Å². The topological polar surface area (TPSA) is 82.6 Å². The monoisotopic (exact) mass is 405 g/mol. The van der Waals surface area contributed by atoms with E-state index in [4.69, 9.17) is 35.9 Å². The third kappa shape index (κ3) is 4.95. The zero-order valence-electron chi connectivity index (χ0n) is 16.4. The molecule has 0 saturated carbocycles. The SMILES string of the molecule is COc1ccc(NC(=S)N/N=C\c2ccc(OC)c(OC)c2OC)cc1OC. The van der Waals surface area contributed by atoms with E-state index in [1.165, 1.54) is 0 Å². The molecule has 2 aromatic carbocycles. The van der Waals surface area contributed by atoms with E-state index in [9.17, 15) is 0 Å². The van der Waals surface area contributed by atoms with E-state index in [0.717, 1.165) is 5.69 Å². The van der Waals surface area contributed by atoms with Crippen LogP contribution >= 0.6 is 12.2 Å². The van der Waals surface area contributed by atoms with Crippen molar-refractivity contribution in [1.82, 2.24) is 5.43 Å². The van der Waals surface area contributed by atoms with E-state index in [-0.39, 0.29) is 0 Å². The molecule has 0 fully saturated rings. The van der Waals surface area contributed by atoms with Gasteiger partial charge in [0.25, 0.3) is 0 Å². The van der Waals surface area contributed by atoms with Gasteiger partial charge in [-0.25, -0.2) is 0 Å². The molecule has 0 atom stereocenters. The van der Waals surface area contributed by atoms with Gasteiger partial charge in [0, 0.05) is 17.3 Å². The average molecular weight is 405 g/mol. The molecule has 0 bridgehead atoms. The Kier molecular flexibility index (Phi) is 7.70. The van der Waals surface area contributed by atoms with Crippen LogP contribution in [0.15, 0.2) is 35.4 Å². The summed E-state index contributed by atoms with van der Waals surface area (Å²) in [7, 11) is 7.80. The van der Waals surface area contributed by atoms with Gasteiger partial charge in [-0.3, -0.25) is 5.43 Å². The molecule has 0 amide bonds. The largest absolute Gasteiger partial charge is 0.493 e. The van der Waals surface area contributed by atoms with Gasteiger partial charge >= 0.3 is 0 Å². The number of nitrogens with one attached hydrogen (secondary N) is 2. The number of thiocarbonyl (C=S) groups is 1. The van der Waals surface area contributed by atoms with Gasteiger partial charge in [0.2, 0.25) is 5.75 Å². The van der Waals surface area contributed by atoms with Gasteiger partial charge < -0.3 is 29.0 Å². The third-order valence-electron chi connectivity index (χ3n) is 3.75. The Balaban J connectivity index is 2.08. The van der Waals surface area contributed by atoms with Gasteiger partial charge in [-0.15, -0.1) is 0 Å². The van der Waals surface area contributed by atoms with Crippen LogP contribution in [0.2, 0.25) is 0 Å². The molecule has 0 radical (unpaired) electrons. The molecule has 0 aliphatic rings. The average Bonchev–Trinajstić information content (AvgIpc) is 2.72. The molecular weight excluding hydrogens is 382 g/mol. The number of ether oxygens (including phenoxy) is 5. The lowest BCUT2D eigenvalue weighted by Crippen LogP contribution is -2.23. The molecule has 0 aromatic heterocycles. The molecule has 0 saturated heterocycles. The first-order valence-electron chi connectivity index (χ1n) is 8.19. The molecule has 0 unspecified atom stereocenters. The molecule has 0 heterocycles. The first kappa shape index (κ1) is 21.1. The van der Waals surface area contributed by atoms with E-state index < -0.39 is 0 Å². The Labute approximate surface area is 169 Å². The number of hydrogen-bond donors (Lipinski definition) is 2. The fourth-order valence-corrected chi connectivity index (χ4v) is 2.63. The number of anilines is 1. The van der Waals surface area contributed by atoms with Gasteiger partial charge in [0.05, 0.1) is 41.8 Å². The highest BCUT2D eigenvalue weighted by atomic mass is 32.1. The maximum Gasteiger partial charge on any atom is 0.203 e. The summed E-state index contributed by atoms with van der Waals surface area (Å²) in [4.78, 5) is 0. The summed E-state index contributed by atoms with van der Waals surface area (Å²) < 4.78 is 26.5. The Morgan fingerprint density at radius 2 is 1.46 bits per heavy atom. The number of benzene rings is 2. The smallest absolute Gasteiger partial charge is 0.203 e. The Bertz CT molecular complexity index is 858. The van der Waals surface area contributed by atoms with Gasteiger partial charge in [0.15, 0.2) is 28.1 Å². The van der Waals surface area contributed by atoms with Crippen LogP contribution < -0.4 is 34.4 Å². The fourth-order valence-electron chi connectivity index (χ4n) is 2.46. The molecule has 2 rings (SSSR count). The lowest BCUT2D eigenvalue weighted by molar-refractivity contribution is 0.324. The second-order valence-electron chi connectivity index (χ2n) is 5.32. The van der Waals surface area contributed by atoms with Crippen LogP contribution in [0.4, 0.5) is 5.69 Å². The van der Waals surface area contributed by atoms with Crippen LogP contribution in [0.1, 0.15) is 5.56 Å². The molecular formula is C19H23N3O5S. The van der Waals surface area contributed by atoms with Crippen molar-refractivity contribution in [3.8, 4) is 28.7 Å². The predicted octanol–water partition coefficient (Wildman–Crippen LogP) is 3.05. The van der Waals surface area contributed by atoms with Crippen molar-refractivity contribution in [3.05, 3.63) is 35.9 Å². The summed E-state index contributed by atoms with van der Waals surface area (Å²) in [5.74, 6) is 2.78. The molecule has 150 valence electrons. The van der Waals surface area contributed by atoms with E-state index in [0.29, 0.717) is 39.4 Å². The summed E-state index contributed by atoms with van der Waals surface area (Å²) in [6.07, 6.45) is 1.57. The highest BCUT2D eigenvalue weighted by Gasteiger charge is 2.14. The van der Waals surface area contributed by atoms with E-state index in [1.807, 2.05) is 6.07 Å². The first-order valence-corrected chi connectivity index (χ1v) is 8.59. The van der Waals surface area contributed by atoms with Crippen molar-refractivity contribution in [2.45, 2.75) is 0 Å². The standard InChI is InChI=1S/C19H23N3O5S/c1-23-14-9-7-13(10-16(14)25-3)21-19(28)22-20-11-12-6-8-15(24-2)18(27-5)17(12)26-4/h6-11H,1-5H3,(H2,21,22,28)/b20-11-. The molecule has 9 heteroatoms. The highest BCUT2D eigenvalue weighted by Crippen LogP contribution is 2.39. The van der Waals surface area contributed by atoms with Gasteiger partial charge in [-0.05, 0) is 36.5 Å². The van der Waals surface area contributed by atoms with E-state index >= 15 is 0 Å². The highest BCUT2D eigenvalue weighted by molar-refractivity contribution is 7.80. The number of hydrogen-bond acceptors (Lipinski definition) is 7. The van der Waals surface area contributed by atoms with Crippen LogP contribution in [-0.4, -0.2) is 46.9 Å². The Morgan fingerprint density at radius 3 is 2.07 bits per heavy atom. The lowest BCUT2D eigenvalue weighted by atomic mass is 10.2. The first-order chi connectivity index (χ1) is 13.6. The molecule has 0 aliphatic carbocycles. The zero-order valence-corrected chi connectivity index (χ0v) is 17.2. The molecule has 2 N–H and O–H groups in total. The second kappa shape index (κ2) is 10.2. The molecule has 2 aromatic rings. The molecule has 0 spiro atoms. The maximum absolute atomic E-state index is 5.41. The Morgan fingerprint density at radius 1 is 0.821 bits per heavy atom. The molecule has 28 heavy (non-hydrogen) atoms. The number of hydrazone groups is 1. The van der Waals surface area contributed by atoms with Crippen molar-refractivity contribution in [2.24, 2.45) is 5.10 Å². The van der Waals surface area contributed by atoms with Crippen LogP contribution in [0.3, 0.4) is 0 Å². The lowest BCUT2D eigenvalue weighted by Gasteiger charge is -2.14. The van der Waals surface area contributed by atoms with Crippen molar-refractivity contribution >= 4 is 29.2 Å². The number of nitrogens with zero attached hydrogens (tertiary/aromatic N) is 1. The summed E-state index contributed by atoms with van der Waals surface area (Å²) in [5, 5.41) is 7.47. The summed E-state index contributed by atoms with van der Waals surface area (Å²) in [6.45, 7) is 0. The maximum atomic E-state index is 5.41. The quantitative estimate of drug-likeness (QED) is 0.394. The predicted molar refractivity (Wildman–Crippen MR) is 113 cm³/mol. The van der Waals surface area contributed by atoms with E-state index in [1.54, 1.807) is 66.0 Å². The minimum atomic E-state index is 0.308. The minimum absolute atomic E-state index is 0.308. The molecule has 8 nitrogen and oxygen atoms in total. The van der Waals surface area contributed by atoms with Crippen LogP contribution in [-0.2, 0) is 0 Å². The number of rotatable bonds is 8. The van der Waals surface area contributed by atoms with E-state index in [2.05, 4.69) is 15.8 Å². The minimum Gasteiger partial charge on any atom is -0.493 e. The third-order valence-corrected chi connectivity index (χ3v) is 3.94.